The van der Waals surface area contributed by atoms with E-state index in [1.54, 1.807) is 54.6 Å². The highest BCUT2D eigenvalue weighted by molar-refractivity contribution is 7.22. The van der Waals surface area contributed by atoms with Crippen LogP contribution in [0.25, 0.3) is 26.6 Å². The third-order valence-electron chi connectivity index (χ3n) is 4.80. The summed E-state index contributed by atoms with van der Waals surface area (Å²) < 4.78 is 46.4. The molecule has 0 amide bonds. The molecule has 2 N–H and O–H groups in total. The van der Waals surface area contributed by atoms with E-state index in [-0.39, 0.29) is 11.3 Å². The average Bonchev–Trinajstić information content (AvgIpc) is 3.09. The summed E-state index contributed by atoms with van der Waals surface area (Å²) in [5.74, 6) is -0.200. The van der Waals surface area contributed by atoms with Gasteiger partial charge < -0.3 is 14.9 Å². The van der Waals surface area contributed by atoms with E-state index in [1.165, 1.54) is 29.5 Å². The van der Waals surface area contributed by atoms with Gasteiger partial charge in [0.05, 0.1) is 11.3 Å². The first kappa shape index (κ1) is 22.4. The van der Waals surface area contributed by atoms with Gasteiger partial charge in [-0.2, -0.15) is 13.2 Å². The highest BCUT2D eigenvalue weighted by Crippen LogP contribution is 2.48. The molecule has 0 atom stereocenters. The van der Waals surface area contributed by atoms with Crippen molar-refractivity contribution in [2.45, 2.75) is 12.6 Å². The second-order valence-corrected chi connectivity index (χ2v) is 8.28. The summed E-state index contributed by atoms with van der Waals surface area (Å²) in [6, 6.07) is 17.6. The number of phenols is 1. The lowest BCUT2D eigenvalue weighted by molar-refractivity contribution is -0.131. The molecule has 8 heteroatoms. The van der Waals surface area contributed by atoms with Gasteiger partial charge in [0, 0.05) is 16.2 Å². The van der Waals surface area contributed by atoms with Crippen LogP contribution in [0, 0.1) is 0 Å². The van der Waals surface area contributed by atoms with Crippen molar-refractivity contribution in [3.63, 3.8) is 0 Å². The van der Waals surface area contributed by atoms with E-state index in [4.69, 9.17) is 9.84 Å². The van der Waals surface area contributed by atoms with Gasteiger partial charge in [0.15, 0.2) is 5.75 Å². The van der Waals surface area contributed by atoms with Crippen molar-refractivity contribution in [1.82, 2.24) is 0 Å². The van der Waals surface area contributed by atoms with E-state index in [9.17, 15) is 23.1 Å². The number of alkyl halides is 3. The number of phenolic OH excluding ortho intramolecular Hbond substituents is 1. The van der Waals surface area contributed by atoms with Crippen LogP contribution < -0.4 is 4.74 Å². The molecule has 0 unspecified atom stereocenters. The Kier molecular flexibility index (Phi) is 6.11. The molecule has 3 aromatic carbocycles. The Morgan fingerprint density at radius 2 is 1.76 bits per heavy atom. The number of halogens is 3. The summed E-state index contributed by atoms with van der Waals surface area (Å²) >= 11 is 1.24. The number of thiophene rings is 1. The zero-order chi connectivity index (χ0) is 23.6. The molecule has 0 bridgehead atoms. The predicted octanol–water partition coefficient (Wildman–Crippen LogP) is 7.27. The molecule has 4 rings (SSSR count). The summed E-state index contributed by atoms with van der Waals surface area (Å²) in [4.78, 5) is 11.2. The van der Waals surface area contributed by atoms with Crippen molar-refractivity contribution < 1.29 is 32.9 Å². The molecule has 0 fully saturated rings. The molecule has 0 spiro atoms. The van der Waals surface area contributed by atoms with E-state index in [1.807, 2.05) is 0 Å². The van der Waals surface area contributed by atoms with Crippen molar-refractivity contribution in [3.8, 4) is 27.7 Å². The number of aromatic hydroxyl groups is 1. The predicted molar refractivity (Wildman–Crippen MR) is 122 cm³/mol. The smallest absolute Gasteiger partial charge is 0.393 e. The van der Waals surface area contributed by atoms with Crippen molar-refractivity contribution in [1.29, 1.82) is 0 Å². The molecule has 33 heavy (non-hydrogen) atoms. The molecule has 0 saturated heterocycles. The number of hydrogen-bond acceptors (Lipinski definition) is 4. The Labute approximate surface area is 190 Å². The monoisotopic (exact) mass is 470 g/mol. The lowest BCUT2D eigenvalue weighted by Crippen LogP contribution is -2.12. The molecular weight excluding hydrogens is 453 g/mol. The highest BCUT2D eigenvalue weighted by Gasteiger charge is 2.30. The van der Waals surface area contributed by atoms with Gasteiger partial charge >= 0.3 is 12.1 Å². The number of aliphatic carboxylic acids is 1. The van der Waals surface area contributed by atoms with Crippen LogP contribution in [0.3, 0.4) is 0 Å². The van der Waals surface area contributed by atoms with Crippen LogP contribution in [0.15, 0.2) is 72.8 Å². The van der Waals surface area contributed by atoms with Gasteiger partial charge in [0.1, 0.15) is 11.5 Å². The average molecular weight is 470 g/mol. The van der Waals surface area contributed by atoms with Crippen LogP contribution in [0.2, 0.25) is 0 Å². The maximum absolute atomic E-state index is 13.2. The normalized spacial score (nSPS) is 11.8. The number of ether oxygens (including phenoxy) is 1. The van der Waals surface area contributed by atoms with E-state index < -0.39 is 18.6 Å². The third-order valence-corrected chi connectivity index (χ3v) is 5.97. The van der Waals surface area contributed by atoms with Gasteiger partial charge in [-0.05, 0) is 53.1 Å². The Bertz CT molecular complexity index is 1340. The lowest BCUT2D eigenvalue weighted by atomic mass is 10.0. The minimum atomic E-state index is -4.37. The Morgan fingerprint density at radius 1 is 1.03 bits per heavy atom. The first-order valence-electron chi connectivity index (χ1n) is 9.79. The lowest BCUT2D eigenvalue weighted by Gasteiger charge is -2.13. The Hall–Kier alpha value is -3.78. The van der Waals surface area contributed by atoms with E-state index in [2.05, 4.69) is 0 Å². The number of fused-ring (bicyclic) bond motifs is 1. The molecule has 0 aliphatic rings. The van der Waals surface area contributed by atoms with Crippen molar-refractivity contribution in [3.05, 3.63) is 83.9 Å². The third kappa shape index (κ3) is 5.35. The number of carboxylic acid groups (broad SMARTS) is 1. The summed E-state index contributed by atoms with van der Waals surface area (Å²) in [5, 5.41) is 19.3. The number of carbonyl (C=O) groups is 1. The standard InChI is InChI=1S/C25H17F3O4S/c26-25(27,28)14-16-3-1-2-4-19(16)24-23(20-11-8-17(29)13-21(20)33-24)32-18-9-5-15(6-10-18)7-12-22(30)31/h1-13,29H,14H2,(H,30,31). The molecule has 168 valence electrons. The minimum Gasteiger partial charge on any atom is -0.508 e. The summed E-state index contributed by atoms with van der Waals surface area (Å²) in [5.41, 5.74) is 1.19. The molecule has 4 nitrogen and oxygen atoms in total. The fraction of sp³-hybridized carbons (Fsp3) is 0.0800. The molecular formula is C25H17F3O4S. The zero-order valence-corrected chi connectivity index (χ0v) is 17.8. The van der Waals surface area contributed by atoms with Crippen molar-refractivity contribution >= 4 is 33.5 Å². The first-order valence-corrected chi connectivity index (χ1v) is 10.6. The van der Waals surface area contributed by atoms with Gasteiger partial charge in [-0.3, -0.25) is 0 Å². The molecule has 0 radical (unpaired) electrons. The SMILES string of the molecule is O=C(O)C=Cc1ccc(Oc2c(-c3ccccc3CC(F)(F)F)sc3cc(O)ccc23)cc1. The van der Waals surface area contributed by atoms with E-state index in [0.29, 0.717) is 37.6 Å². The summed E-state index contributed by atoms with van der Waals surface area (Å²) in [7, 11) is 0. The minimum absolute atomic E-state index is 0.0417. The van der Waals surface area contributed by atoms with E-state index >= 15 is 0 Å². The van der Waals surface area contributed by atoms with Crippen molar-refractivity contribution in [2.24, 2.45) is 0 Å². The summed E-state index contributed by atoms with van der Waals surface area (Å²) in [6.45, 7) is 0. The number of benzene rings is 3. The highest BCUT2D eigenvalue weighted by atomic mass is 32.1. The Morgan fingerprint density at radius 3 is 2.45 bits per heavy atom. The van der Waals surface area contributed by atoms with Gasteiger partial charge in [-0.25, -0.2) is 4.79 Å². The topological polar surface area (TPSA) is 66.8 Å². The largest absolute Gasteiger partial charge is 0.508 e. The van der Waals surface area contributed by atoms with Gasteiger partial charge in [-0.15, -0.1) is 11.3 Å². The van der Waals surface area contributed by atoms with Gasteiger partial charge in [0.2, 0.25) is 0 Å². The number of carboxylic acids is 1. The second-order valence-electron chi connectivity index (χ2n) is 7.23. The molecule has 1 aromatic heterocycles. The van der Waals surface area contributed by atoms with Gasteiger partial charge in [0.25, 0.3) is 0 Å². The molecule has 0 aliphatic carbocycles. The number of hydrogen-bond donors (Lipinski definition) is 2. The van der Waals surface area contributed by atoms with Crippen LogP contribution in [-0.2, 0) is 11.2 Å². The second kappa shape index (κ2) is 8.99. The van der Waals surface area contributed by atoms with Crippen LogP contribution in [-0.4, -0.2) is 22.4 Å². The first-order chi connectivity index (χ1) is 15.7. The molecule has 0 saturated carbocycles. The zero-order valence-electron chi connectivity index (χ0n) is 17.0. The van der Waals surface area contributed by atoms with E-state index in [0.717, 1.165) is 6.08 Å². The fourth-order valence-electron chi connectivity index (χ4n) is 3.38. The van der Waals surface area contributed by atoms with Crippen LogP contribution in [0.5, 0.6) is 17.2 Å². The van der Waals surface area contributed by atoms with Crippen LogP contribution in [0.4, 0.5) is 13.2 Å². The molecule has 4 aromatic rings. The van der Waals surface area contributed by atoms with Gasteiger partial charge in [-0.1, -0.05) is 36.4 Å². The maximum Gasteiger partial charge on any atom is 0.393 e. The quantitative estimate of drug-likeness (QED) is 0.291. The number of rotatable bonds is 6. The van der Waals surface area contributed by atoms with Crippen molar-refractivity contribution in [2.75, 3.05) is 0 Å². The molecule has 1 heterocycles. The maximum atomic E-state index is 13.2. The summed E-state index contributed by atoms with van der Waals surface area (Å²) in [6.07, 6.45) is -2.99. The fourth-order valence-corrected chi connectivity index (χ4v) is 4.61. The Balaban J connectivity index is 1.79. The van der Waals surface area contributed by atoms with Crippen LogP contribution >= 0.6 is 11.3 Å². The molecule has 0 aliphatic heterocycles. The van der Waals surface area contributed by atoms with Crippen LogP contribution in [0.1, 0.15) is 11.1 Å².